The standard InChI is InChI=1S/C7H14FN3.C4H6/c1-6(9)7-5-11(8)4-3-10(7)2;1-3-4-2/h7H,1,3-5,9H2,2H3;3-4H,1-2H2. The first kappa shape index (κ1) is 13.9. The molecule has 1 saturated heterocycles. The van der Waals surface area contributed by atoms with Crippen LogP contribution in [0.3, 0.4) is 0 Å². The summed E-state index contributed by atoms with van der Waals surface area (Å²) in [4.78, 5) is 2.01. The monoisotopic (exact) mass is 213 g/mol. The van der Waals surface area contributed by atoms with Crippen molar-refractivity contribution >= 4 is 0 Å². The SMILES string of the molecule is C=C(N)C1CN(F)CCN1C.C=CC=C. The number of likely N-dealkylation sites (N-methyl/N-ethyl adjacent to an activating group) is 1. The highest BCUT2D eigenvalue weighted by Crippen LogP contribution is 2.10. The van der Waals surface area contributed by atoms with Crippen molar-refractivity contribution in [3.05, 3.63) is 37.6 Å². The molecular formula is C11H20FN3. The van der Waals surface area contributed by atoms with Gasteiger partial charge in [-0.3, -0.25) is 4.90 Å². The van der Waals surface area contributed by atoms with Crippen molar-refractivity contribution in [2.75, 3.05) is 26.7 Å². The molecule has 1 aliphatic heterocycles. The van der Waals surface area contributed by atoms with Crippen LogP contribution in [0.2, 0.25) is 0 Å². The van der Waals surface area contributed by atoms with Gasteiger partial charge in [-0.15, -0.1) is 9.60 Å². The number of nitrogens with zero attached hydrogens (tertiary/aromatic N) is 2. The maximum atomic E-state index is 12.7. The normalized spacial score (nSPS) is 22.4. The second-order valence-corrected chi connectivity index (χ2v) is 3.41. The molecule has 0 bridgehead atoms. The summed E-state index contributed by atoms with van der Waals surface area (Å²) in [5, 5.41) is 0.780. The Morgan fingerprint density at radius 3 is 2.27 bits per heavy atom. The molecule has 0 spiro atoms. The first-order valence-electron chi connectivity index (χ1n) is 4.81. The van der Waals surface area contributed by atoms with Crippen molar-refractivity contribution in [2.24, 2.45) is 5.73 Å². The maximum absolute atomic E-state index is 12.7. The highest BCUT2D eigenvalue weighted by molar-refractivity contribution is 5.02. The van der Waals surface area contributed by atoms with Crippen LogP contribution in [0.5, 0.6) is 0 Å². The second kappa shape index (κ2) is 7.20. The molecule has 1 fully saturated rings. The summed E-state index contributed by atoms with van der Waals surface area (Å²) in [5.41, 5.74) is 6.03. The van der Waals surface area contributed by atoms with Gasteiger partial charge in [0.15, 0.2) is 0 Å². The van der Waals surface area contributed by atoms with E-state index in [1.165, 1.54) is 0 Å². The quantitative estimate of drug-likeness (QED) is 0.554. The Morgan fingerprint density at radius 2 is 1.93 bits per heavy atom. The minimum atomic E-state index is -0.0336. The molecule has 0 aromatic heterocycles. The summed E-state index contributed by atoms with van der Waals surface area (Å²) >= 11 is 0. The highest BCUT2D eigenvalue weighted by atomic mass is 19.2. The third-order valence-corrected chi connectivity index (χ3v) is 2.19. The van der Waals surface area contributed by atoms with Gasteiger partial charge in [-0.1, -0.05) is 31.9 Å². The smallest absolute Gasteiger partial charge is 0.0639 e. The molecule has 3 nitrogen and oxygen atoms in total. The van der Waals surface area contributed by atoms with Crippen LogP contribution >= 0.6 is 0 Å². The summed E-state index contributed by atoms with van der Waals surface area (Å²) in [5.74, 6) is 0. The number of piperazine rings is 1. The van der Waals surface area contributed by atoms with Gasteiger partial charge in [0.25, 0.3) is 0 Å². The number of allylic oxidation sites excluding steroid dienone is 2. The number of hydrogen-bond acceptors (Lipinski definition) is 3. The van der Waals surface area contributed by atoms with Crippen LogP contribution in [0.1, 0.15) is 0 Å². The van der Waals surface area contributed by atoms with Gasteiger partial charge in [-0.2, -0.15) is 0 Å². The molecule has 86 valence electrons. The molecule has 1 rings (SSSR count). The molecule has 0 aliphatic carbocycles. The Labute approximate surface area is 91.3 Å². The maximum Gasteiger partial charge on any atom is 0.0639 e. The lowest BCUT2D eigenvalue weighted by Gasteiger charge is -2.35. The first-order chi connectivity index (χ1) is 7.02. The summed E-state index contributed by atoms with van der Waals surface area (Å²) in [6.07, 6.45) is 3.28. The zero-order valence-corrected chi connectivity index (χ0v) is 9.32. The molecule has 15 heavy (non-hydrogen) atoms. The predicted molar refractivity (Wildman–Crippen MR) is 62.8 cm³/mol. The number of rotatable bonds is 2. The third-order valence-electron chi connectivity index (χ3n) is 2.19. The predicted octanol–water partition coefficient (Wildman–Crippen LogP) is 1.32. The van der Waals surface area contributed by atoms with E-state index < -0.39 is 0 Å². The van der Waals surface area contributed by atoms with E-state index in [-0.39, 0.29) is 6.04 Å². The lowest BCUT2D eigenvalue weighted by Crippen LogP contribution is -2.50. The van der Waals surface area contributed by atoms with Gasteiger partial charge in [0.2, 0.25) is 0 Å². The van der Waals surface area contributed by atoms with E-state index in [1.807, 2.05) is 11.9 Å². The second-order valence-electron chi connectivity index (χ2n) is 3.41. The third kappa shape index (κ3) is 5.34. The van der Waals surface area contributed by atoms with Crippen LogP contribution < -0.4 is 5.73 Å². The molecule has 2 N–H and O–H groups in total. The first-order valence-corrected chi connectivity index (χ1v) is 4.81. The number of hydrogen-bond donors (Lipinski definition) is 1. The van der Waals surface area contributed by atoms with E-state index in [2.05, 4.69) is 19.7 Å². The highest BCUT2D eigenvalue weighted by Gasteiger charge is 2.24. The van der Waals surface area contributed by atoms with Gasteiger partial charge in [-0.25, -0.2) is 0 Å². The number of halogens is 1. The fourth-order valence-electron chi connectivity index (χ4n) is 1.24. The molecule has 1 aliphatic rings. The average molecular weight is 213 g/mol. The lowest BCUT2D eigenvalue weighted by molar-refractivity contribution is -0.0337. The van der Waals surface area contributed by atoms with Crippen LogP contribution in [0.15, 0.2) is 37.6 Å². The Kier molecular flexibility index (Phi) is 6.66. The summed E-state index contributed by atoms with van der Waals surface area (Å²) in [6.45, 7) is 11.8. The molecule has 0 aromatic rings. The van der Waals surface area contributed by atoms with Crippen molar-refractivity contribution in [2.45, 2.75) is 6.04 Å². The van der Waals surface area contributed by atoms with Crippen LogP contribution in [0, 0.1) is 0 Å². The van der Waals surface area contributed by atoms with E-state index in [0.717, 1.165) is 5.12 Å². The summed E-state index contributed by atoms with van der Waals surface area (Å²) < 4.78 is 12.7. The molecule has 0 radical (unpaired) electrons. The van der Waals surface area contributed by atoms with Gasteiger partial charge >= 0.3 is 0 Å². The van der Waals surface area contributed by atoms with Crippen LogP contribution in [-0.2, 0) is 0 Å². The molecule has 1 heterocycles. The van der Waals surface area contributed by atoms with Gasteiger partial charge in [0.1, 0.15) is 0 Å². The zero-order chi connectivity index (χ0) is 11.8. The molecule has 0 saturated carbocycles. The van der Waals surface area contributed by atoms with Crippen molar-refractivity contribution in [1.29, 1.82) is 0 Å². The minimum Gasteiger partial charge on any atom is -0.401 e. The molecule has 0 amide bonds. The Balaban J connectivity index is 0.000000423. The van der Waals surface area contributed by atoms with Gasteiger partial charge in [0.05, 0.1) is 12.6 Å². The van der Waals surface area contributed by atoms with E-state index in [1.54, 1.807) is 12.2 Å². The largest absolute Gasteiger partial charge is 0.401 e. The molecular weight excluding hydrogens is 193 g/mol. The van der Waals surface area contributed by atoms with Crippen molar-refractivity contribution in [3.8, 4) is 0 Å². The number of nitrogens with two attached hydrogens (primary N) is 1. The van der Waals surface area contributed by atoms with E-state index in [0.29, 0.717) is 25.3 Å². The Bertz CT molecular complexity index is 222. The van der Waals surface area contributed by atoms with E-state index in [4.69, 9.17) is 5.73 Å². The van der Waals surface area contributed by atoms with E-state index >= 15 is 0 Å². The minimum absolute atomic E-state index is 0.0336. The lowest BCUT2D eigenvalue weighted by atomic mass is 10.1. The molecule has 0 aromatic carbocycles. The average Bonchev–Trinajstić information content (AvgIpc) is 2.22. The Hall–Kier alpha value is -1.13. The zero-order valence-electron chi connectivity index (χ0n) is 9.32. The van der Waals surface area contributed by atoms with Gasteiger partial charge in [-0.05, 0) is 7.05 Å². The van der Waals surface area contributed by atoms with Crippen LogP contribution in [-0.4, -0.2) is 42.7 Å². The van der Waals surface area contributed by atoms with Crippen molar-refractivity contribution < 1.29 is 4.48 Å². The molecule has 4 heteroatoms. The van der Waals surface area contributed by atoms with Gasteiger partial charge < -0.3 is 5.73 Å². The topological polar surface area (TPSA) is 32.5 Å². The van der Waals surface area contributed by atoms with Crippen LogP contribution in [0.25, 0.3) is 0 Å². The van der Waals surface area contributed by atoms with E-state index in [9.17, 15) is 4.48 Å². The van der Waals surface area contributed by atoms with Crippen molar-refractivity contribution in [3.63, 3.8) is 0 Å². The van der Waals surface area contributed by atoms with Crippen LogP contribution in [0.4, 0.5) is 4.48 Å². The van der Waals surface area contributed by atoms with Gasteiger partial charge in [0, 0.05) is 18.8 Å². The Morgan fingerprint density at radius 1 is 1.40 bits per heavy atom. The molecule has 1 atom stereocenters. The molecule has 1 unspecified atom stereocenters. The van der Waals surface area contributed by atoms with Crippen molar-refractivity contribution in [1.82, 2.24) is 10.0 Å². The fraction of sp³-hybridized carbons (Fsp3) is 0.455. The fourth-order valence-corrected chi connectivity index (χ4v) is 1.24. The summed E-state index contributed by atoms with van der Waals surface area (Å²) in [6, 6.07) is -0.0336. The summed E-state index contributed by atoms with van der Waals surface area (Å²) in [7, 11) is 1.93.